The van der Waals surface area contributed by atoms with E-state index >= 15 is 0 Å². The van der Waals surface area contributed by atoms with E-state index in [4.69, 9.17) is 16.7 Å². The molecule has 0 aliphatic carbocycles. The molecular weight excluding hydrogens is 404 g/mol. The maximum Gasteiger partial charge on any atom is 0.175 e. The molecule has 6 heteroatoms. The van der Waals surface area contributed by atoms with E-state index in [2.05, 4.69) is 6.07 Å². The van der Waals surface area contributed by atoms with Crippen molar-refractivity contribution in [2.24, 2.45) is 0 Å². The van der Waals surface area contributed by atoms with Crippen LogP contribution in [0.1, 0.15) is 5.56 Å². The van der Waals surface area contributed by atoms with E-state index in [-0.39, 0.29) is 4.90 Å². The zero-order valence-corrected chi connectivity index (χ0v) is 17.6. The number of rotatable bonds is 4. The lowest BCUT2D eigenvalue weighted by atomic mass is 10.1. The first-order chi connectivity index (χ1) is 13.8. The SMILES string of the molecule is Cc1cccc(-c2cc(-c3ccc(Cl)cc3)nn2-c2ccc(S(C)(=O)=O)cc2)c1. The highest BCUT2D eigenvalue weighted by Gasteiger charge is 2.14. The standard InChI is InChI=1S/C23H19ClN2O2S/c1-16-4-3-5-18(14-16)23-15-22(17-6-8-19(24)9-7-17)25-26(23)20-10-12-21(13-11-20)29(2,27)28/h3-15H,1-2H3. The molecule has 0 radical (unpaired) electrons. The second-order valence-corrected chi connectivity index (χ2v) is 9.42. The molecule has 3 aromatic carbocycles. The number of hydrogen-bond donors (Lipinski definition) is 0. The van der Waals surface area contributed by atoms with Crippen molar-refractivity contribution in [1.82, 2.24) is 9.78 Å². The van der Waals surface area contributed by atoms with Crippen LogP contribution in [-0.2, 0) is 9.84 Å². The summed E-state index contributed by atoms with van der Waals surface area (Å²) in [6, 6.07) is 24.5. The Morgan fingerprint density at radius 3 is 2.17 bits per heavy atom. The van der Waals surface area contributed by atoms with Gasteiger partial charge in [0.25, 0.3) is 0 Å². The molecule has 29 heavy (non-hydrogen) atoms. The van der Waals surface area contributed by atoms with Gasteiger partial charge in [-0.2, -0.15) is 5.10 Å². The average Bonchev–Trinajstić information content (AvgIpc) is 3.13. The van der Waals surface area contributed by atoms with Crippen LogP contribution >= 0.6 is 11.6 Å². The van der Waals surface area contributed by atoms with Crippen molar-refractivity contribution < 1.29 is 8.42 Å². The Hall–Kier alpha value is -2.89. The minimum atomic E-state index is -3.25. The van der Waals surface area contributed by atoms with Gasteiger partial charge in [0.05, 0.1) is 22.0 Å². The average molecular weight is 423 g/mol. The lowest BCUT2D eigenvalue weighted by Crippen LogP contribution is -2.01. The largest absolute Gasteiger partial charge is 0.232 e. The number of aryl methyl sites for hydroxylation is 1. The maximum atomic E-state index is 11.8. The maximum absolute atomic E-state index is 11.8. The van der Waals surface area contributed by atoms with Gasteiger partial charge in [0.1, 0.15) is 0 Å². The van der Waals surface area contributed by atoms with Gasteiger partial charge in [0.15, 0.2) is 9.84 Å². The van der Waals surface area contributed by atoms with Gasteiger partial charge >= 0.3 is 0 Å². The predicted octanol–water partition coefficient (Wildman–Crippen LogP) is 5.57. The first-order valence-corrected chi connectivity index (χ1v) is 11.3. The number of nitrogens with zero attached hydrogens (tertiary/aromatic N) is 2. The van der Waals surface area contributed by atoms with Crippen molar-refractivity contribution in [3.63, 3.8) is 0 Å². The molecule has 4 rings (SSSR count). The van der Waals surface area contributed by atoms with Gasteiger partial charge in [-0.1, -0.05) is 47.5 Å². The minimum absolute atomic E-state index is 0.281. The summed E-state index contributed by atoms with van der Waals surface area (Å²) in [7, 11) is -3.25. The first kappa shape index (κ1) is 19.4. The van der Waals surface area contributed by atoms with E-state index in [0.717, 1.165) is 33.8 Å². The van der Waals surface area contributed by atoms with E-state index in [0.29, 0.717) is 5.02 Å². The number of sulfone groups is 1. The monoisotopic (exact) mass is 422 g/mol. The summed E-state index contributed by atoms with van der Waals surface area (Å²) >= 11 is 6.02. The van der Waals surface area contributed by atoms with Crippen molar-refractivity contribution >= 4 is 21.4 Å². The quantitative estimate of drug-likeness (QED) is 0.432. The molecule has 0 amide bonds. The van der Waals surface area contributed by atoms with Gasteiger partial charge in [0.2, 0.25) is 0 Å². The Labute approximate surface area is 175 Å². The molecule has 0 fully saturated rings. The zero-order valence-electron chi connectivity index (χ0n) is 16.0. The Morgan fingerprint density at radius 1 is 0.862 bits per heavy atom. The van der Waals surface area contributed by atoms with Crippen LogP contribution in [0, 0.1) is 6.92 Å². The van der Waals surface area contributed by atoms with Gasteiger partial charge < -0.3 is 0 Å². The van der Waals surface area contributed by atoms with Gasteiger partial charge in [-0.05, 0) is 55.5 Å². The van der Waals surface area contributed by atoms with E-state index in [9.17, 15) is 8.42 Å². The molecule has 146 valence electrons. The number of halogens is 1. The smallest absolute Gasteiger partial charge is 0.175 e. The molecule has 0 bridgehead atoms. The summed E-state index contributed by atoms with van der Waals surface area (Å²) < 4.78 is 25.4. The fourth-order valence-corrected chi connectivity index (χ4v) is 3.94. The molecule has 0 N–H and O–H groups in total. The Balaban J connectivity index is 1.88. The van der Waals surface area contributed by atoms with E-state index in [1.807, 2.05) is 60.1 Å². The van der Waals surface area contributed by atoms with Crippen LogP contribution in [0.15, 0.2) is 83.8 Å². The molecular formula is C23H19ClN2O2S. The number of benzene rings is 3. The van der Waals surface area contributed by atoms with Crippen molar-refractivity contribution in [3.8, 4) is 28.2 Å². The van der Waals surface area contributed by atoms with Gasteiger partial charge in [-0.15, -0.1) is 0 Å². The fourth-order valence-electron chi connectivity index (χ4n) is 3.18. The second-order valence-electron chi connectivity index (χ2n) is 6.97. The van der Waals surface area contributed by atoms with Crippen LogP contribution in [0.5, 0.6) is 0 Å². The Bertz CT molecular complexity index is 1280. The molecule has 0 aliphatic rings. The van der Waals surface area contributed by atoms with E-state index in [1.54, 1.807) is 24.3 Å². The van der Waals surface area contributed by atoms with Crippen molar-refractivity contribution in [3.05, 3.63) is 89.4 Å². The van der Waals surface area contributed by atoms with Crippen molar-refractivity contribution in [2.45, 2.75) is 11.8 Å². The van der Waals surface area contributed by atoms with Crippen LogP contribution in [0.25, 0.3) is 28.2 Å². The van der Waals surface area contributed by atoms with Gasteiger partial charge in [-0.3, -0.25) is 0 Å². The molecule has 0 spiro atoms. The summed E-state index contributed by atoms with van der Waals surface area (Å²) in [6.07, 6.45) is 1.20. The van der Waals surface area contributed by atoms with Gasteiger partial charge in [0, 0.05) is 22.4 Å². The molecule has 4 nitrogen and oxygen atoms in total. The summed E-state index contributed by atoms with van der Waals surface area (Å²) in [4.78, 5) is 0.281. The highest BCUT2D eigenvalue weighted by molar-refractivity contribution is 7.90. The molecule has 1 aromatic heterocycles. The Morgan fingerprint density at radius 2 is 1.55 bits per heavy atom. The molecule has 0 unspecified atom stereocenters. The van der Waals surface area contributed by atoms with Crippen LogP contribution in [0.3, 0.4) is 0 Å². The topological polar surface area (TPSA) is 52.0 Å². The molecule has 0 saturated heterocycles. The summed E-state index contributed by atoms with van der Waals surface area (Å²) in [5, 5.41) is 5.47. The molecule has 1 heterocycles. The summed E-state index contributed by atoms with van der Waals surface area (Å²) in [5.41, 5.74) is 5.65. The Kier molecular flexibility index (Phi) is 5.03. The second kappa shape index (κ2) is 7.50. The van der Waals surface area contributed by atoms with Crippen LogP contribution in [-0.4, -0.2) is 24.5 Å². The lowest BCUT2D eigenvalue weighted by Gasteiger charge is -2.09. The lowest BCUT2D eigenvalue weighted by molar-refractivity contribution is 0.602. The minimum Gasteiger partial charge on any atom is -0.232 e. The molecule has 0 aliphatic heterocycles. The van der Waals surface area contributed by atoms with Crippen LogP contribution in [0.2, 0.25) is 5.02 Å². The third-order valence-electron chi connectivity index (χ3n) is 4.67. The highest BCUT2D eigenvalue weighted by Crippen LogP contribution is 2.30. The molecule has 0 saturated carbocycles. The third kappa shape index (κ3) is 4.11. The fraction of sp³-hybridized carbons (Fsp3) is 0.0870. The van der Waals surface area contributed by atoms with Crippen LogP contribution < -0.4 is 0 Å². The normalized spacial score (nSPS) is 11.6. The summed E-state index contributed by atoms with van der Waals surface area (Å²) in [5.74, 6) is 0. The third-order valence-corrected chi connectivity index (χ3v) is 6.05. The predicted molar refractivity (Wildman–Crippen MR) is 117 cm³/mol. The zero-order chi connectivity index (χ0) is 20.6. The number of hydrogen-bond acceptors (Lipinski definition) is 3. The summed E-state index contributed by atoms with van der Waals surface area (Å²) in [6.45, 7) is 2.05. The van der Waals surface area contributed by atoms with E-state index in [1.165, 1.54) is 6.26 Å². The highest BCUT2D eigenvalue weighted by atomic mass is 35.5. The van der Waals surface area contributed by atoms with Crippen molar-refractivity contribution in [1.29, 1.82) is 0 Å². The molecule has 0 atom stereocenters. The number of aromatic nitrogens is 2. The molecule has 4 aromatic rings. The van der Waals surface area contributed by atoms with E-state index < -0.39 is 9.84 Å². The van der Waals surface area contributed by atoms with Crippen LogP contribution in [0.4, 0.5) is 0 Å². The first-order valence-electron chi connectivity index (χ1n) is 9.05. The van der Waals surface area contributed by atoms with Crippen molar-refractivity contribution in [2.75, 3.05) is 6.26 Å². The van der Waals surface area contributed by atoms with Gasteiger partial charge in [-0.25, -0.2) is 13.1 Å².